The normalized spacial score (nSPS) is 9.79. The van der Waals surface area contributed by atoms with E-state index in [-0.39, 0.29) is 18.3 Å². The molecular formula is C19H25ClN2O6. The Bertz CT molecular complexity index is 829. The summed E-state index contributed by atoms with van der Waals surface area (Å²) in [5.74, 6) is 2.04. The maximum absolute atomic E-state index is 12.7. The van der Waals surface area contributed by atoms with Crippen molar-refractivity contribution in [2.45, 2.75) is 6.54 Å². The van der Waals surface area contributed by atoms with Gasteiger partial charge in [0.2, 0.25) is 11.5 Å². The molecule has 2 rings (SSSR count). The quantitative estimate of drug-likeness (QED) is 0.549. The highest BCUT2D eigenvalue weighted by atomic mass is 35.5. The number of hydrogen-bond donors (Lipinski definition) is 2. The molecule has 0 fully saturated rings. The number of quaternary nitrogens is 1. The Balaban J connectivity index is 0.00000392. The fraction of sp³-hybridized carbons (Fsp3) is 0.316. The fourth-order valence-electron chi connectivity index (χ4n) is 2.69. The Labute approximate surface area is 170 Å². The molecule has 0 bridgehead atoms. The van der Waals surface area contributed by atoms with E-state index in [1.807, 2.05) is 6.07 Å². The summed E-state index contributed by atoms with van der Waals surface area (Å²) < 4.78 is 26.4. The minimum Gasteiger partial charge on any atom is -1.00 e. The van der Waals surface area contributed by atoms with Gasteiger partial charge in [0.15, 0.2) is 22.9 Å². The number of carbonyl (C=O) groups excluding carboxylic acids is 1. The molecule has 2 aromatic rings. The van der Waals surface area contributed by atoms with E-state index >= 15 is 0 Å². The molecule has 154 valence electrons. The van der Waals surface area contributed by atoms with E-state index in [0.717, 1.165) is 5.56 Å². The first-order valence-electron chi connectivity index (χ1n) is 8.14. The lowest BCUT2D eigenvalue weighted by Crippen LogP contribution is -3.00. The zero-order chi connectivity index (χ0) is 20.0. The van der Waals surface area contributed by atoms with Crippen LogP contribution in [0.3, 0.4) is 0 Å². The van der Waals surface area contributed by atoms with Gasteiger partial charge in [-0.05, 0) is 17.7 Å². The molecule has 0 radical (unpaired) electrons. The summed E-state index contributed by atoms with van der Waals surface area (Å²) in [6.45, 7) is 0.301. The number of ether oxygens (including phenoxy) is 5. The molecule has 9 heteroatoms. The van der Waals surface area contributed by atoms with Gasteiger partial charge in [0, 0.05) is 12.6 Å². The molecule has 0 atom stereocenters. The van der Waals surface area contributed by atoms with Gasteiger partial charge in [-0.2, -0.15) is 0 Å². The third-order valence-electron chi connectivity index (χ3n) is 4.08. The van der Waals surface area contributed by atoms with Crippen LogP contribution in [0.1, 0.15) is 15.9 Å². The van der Waals surface area contributed by atoms with Gasteiger partial charge in [-0.25, -0.2) is 0 Å². The molecule has 0 heterocycles. The minimum absolute atomic E-state index is 0. The van der Waals surface area contributed by atoms with Gasteiger partial charge in [0.25, 0.3) is 5.91 Å². The number of halogens is 1. The third-order valence-corrected chi connectivity index (χ3v) is 4.08. The Morgan fingerprint density at radius 2 is 1.46 bits per heavy atom. The second-order valence-electron chi connectivity index (χ2n) is 5.54. The van der Waals surface area contributed by atoms with Gasteiger partial charge in [-0.3, -0.25) is 4.79 Å². The molecule has 28 heavy (non-hydrogen) atoms. The van der Waals surface area contributed by atoms with E-state index in [0.29, 0.717) is 46.5 Å². The van der Waals surface area contributed by atoms with Crippen molar-refractivity contribution in [1.82, 2.24) is 5.32 Å². The average molecular weight is 413 g/mol. The van der Waals surface area contributed by atoms with Crippen molar-refractivity contribution < 1.29 is 46.6 Å². The van der Waals surface area contributed by atoms with Gasteiger partial charge in [-0.15, -0.1) is 0 Å². The number of methoxy groups -OCH3 is 5. The van der Waals surface area contributed by atoms with Gasteiger partial charge >= 0.3 is 0 Å². The summed E-state index contributed by atoms with van der Waals surface area (Å²) in [5, 5.41) is 2.86. The molecule has 0 aliphatic rings. The number of hydrogen-bond acceptors (Lipinski definition) is 6. The first-order valence-corrected chi connectivity index (χ1v) is 8.14. The molecule has 8 nitrogen and oxygen atoms in total. The number of benzene rings is 2. The molecule has 0 unspecified atom stereocenters. The molecule has 0 spiro atoms. The Kier molecular flexibility index (Phi) is 8.69. The monoisotopic (exact) mass is 412 g/mol. The van der Waals surface area contributed by atoms with Crippen molar-refractivity contribution in [3.05, 3.63) is 35.4 Å². The zero-order valence-corrected chi connectivity index (χ0v) is 17.3. The van der Waals surface area contributed by atoms with Crippen molar-refractivity contribution in [2.24, 2.45) is 0 Å². The van der Waals surface area contributed by atoms with Crippen LogP contribution < -0.4 is 47.1 Å². The van der Waals surface area contributed by atoms with Crippen molar-refractivity contribution >= 4 is 11.6 Å². The first-order chi connectivity index (χ1) is 13.0. The van der Waals surface area contributed by atoms with E-state index < -0.39 is 0 Å². The van der Waals surface area contributed by atoms with E-state index in [9.17, 15) is 4.79 Å². The van der Waals surface area contributed by atoms with Crippen molar-refractivity contribution in [2.75, 3.05) is 35.5 Å². The van der Waals surface area contributed by atoms with Crippen molar-refractivity contribution in [3.63, 3.8) is 0 Å². The maximum atomic E-state index is 12.7. The van der Waals surface area contributed by atoms with Crippen LogP contribution >= 0.6 is 0 Å². The lowest BCUT2D eigenvalue weighted by Gasteiger charge is -2.15. The van der Waals surface area contributed by atoms with Gasteiger partial charge in [0.1, 0.15) is 5.56 Å². The summed E-state index contributed by atoms with van der Waals surface area (Å²) in [5.41, 5.74) is 5.56. The molecular weight excluding hydrogens is 388 g/mol. The standard InChI is InChI=1S/C19H24N2O6.ClH/c1-23-13-7-6-11(8-14(13)24-2)10-21-19(22)12-9-15(25-3)17(26-4)18(27-5)16(12)20;/h6-9H,10,20H2,1-5H3,(H,21,22);1H. The number of rotatable bonds is 8. The van der Waals surface area contributed by atoms with Crippen molar-refractivity contribution in [3.8, 4) is 28.7 Å². The van der Waals surface area contributed by atoms with Crippen LogP contribution in [0.4, 0.5) is 5.69 Å². The Hall–Kier alpha value is -2.84. The third kappa shape index (κ3) is 4.71. The SMILES string of the molecule is COc1ccc(CNC(=O)c2cc(OC)c(OC)c(OC)c2[NH3+])cc1OC.[Cl-]. The molecule has 0 aliphatic carbocycles. The minimum atomic E-state index is -0.311. The summed E-state index contributed by atoms with van der Waals surface area (Å²) in [4.78, 5) is 12.7. The van der Waals surface area contributed by atoms with E-state index in [1.165, 1.54) is 21.3 Å². The van der Waals surface area contributed by atoms with Crippen LogP contribution in [0, 0.1) is 0 Å². The molecule has 0 saturated heterocycles. The van der Waals surface area contributed by atoms with E-state index in [2.05, 4.69) is 11.1 Å². The largest absolute Gasteiger partial charge is 1.00 e. The summed E-state index contributed by atoms with van der Waals surface area (Å²) in [6, 6.07) is 7.02. The van der Waals surface area contributed by atoms with Crippen molar-refractivity contribution in [1.29, 1.82) is 0 Å². The highest BCUT2D eigenvalue weighted by Gasteiger charge is 2.25. The zero-order valence-electron chi connectivity index (χ0n) is 16.6. The second-order valence-corrected chi connectivity index (χ2v) is 5.54. The lowest BCUT2D eigenvalue weighted by molar-refractivity contribution is -0.256. The molecule has 2 aromatic carbocycles. The van der Waals surface area contributed by atoms with Crippen LogP contribution in [0.5, 0.6) is 28.7 Å². The highest BCUT2D eigenvalue weighted by molar-refractivity contribution is 6.00. The average Bonchev–Trinajstić information content (AvgIpc) is 2.70. The van der Waals surface area contributed by atoms with Crippen LogP contribution in [-0.4, -0.2) is 41.5 Å². The van der Waals surface area contributed by atoms with Gasteiger partial charge in [-0.1, -0.05) is 6.07 Å². The van der Waals surface area contributed by atoms with Gasteiger partial charge < -0.3 is 47.1 Å². The van der Waals surface area contributed by atoms with Crippen LogP contribution in [0.25, 0.3) is 0 Å². The molecule has 4 N–H and O–H groups in total. The summed E-state index contributed by atoms with van der Waals surface area (Å²) in [7, 11) is 7.60. The molecule has 0 saturated carbocycles. The highest BCUT2D eigenvalue weighted by Crippen LogP contribution is 2.42. The Morgan fingerprint density at radius 1 is 0.857 bits per heavy atom. The molecule has 0 aromatic heterocycles. The maximum Gasteiger partial charge on any atom is 0.257 e. The van der Waals surface area contributed by atoms with Crippen LogP contribution in [0.15, 0.2) is 24.3 Å². The number of carbonyl (C=O) groups is 1. The summed E-state index contributed by atoms with van der Waals surface area (Å²) in [6.07, 6.45) is 0. The summed E-state index contributed by atoms with van der Waals surface area (Å²) >= 11 is 0. The number of amides is 1. The smallest absolute Gasteiger partial charge is 0.257 e. The van der Waals surface area contributed by atoms with E-state index in [1.54, 1.807) is 32.4 Å². The molecule has 1 amide bonds. The van der Waals surface area contributed by atoms with Crippen LogP contribution in [0.2, 0.25) is 0 Å². The number of nitrogens with one attached hydrogen (secondary N) is 1. The van der Waals surface area contributed by atoms with E-state index in [4.69, 9.17) is 23.7 Å². The lowest BCUT2D eigenvalue weighted by atomic mass is 10.1. The fourth-order valence-corrected chi connectivity index (χ4v) is 2.69. The predicted molar refractivity (Wildman–Crippen MR) is 99.4 cm³/mol. The predicted octanol–water partition coefficient (Wildman–Crippen LogP) is -1.46. The van der Waals surface area contributed by atoms with Gasteiger partial charge in [0.05, 0.1) is 35.5 Å². The molecule has 0 aliphatic heterocycles. The Morgan fingerprint density at radius 3 is 2.00 bits per heavy atom. The van der Waals surface area contributed by atoms with Crippen LogP contribution in [-0.2, 0) is 6.54 Å². The first kappa shape index (κ1) is 23.2. The topological polar surface area (TPSA) is 103 Å². The second kappa shape index (κ2) is 10.5.